The van der Waals surface area contributed by atoms with Crippen molar-refractivity contribution in [1.82, 2.24) is 4.90 Å². The molecule has 1 saturated heterocycles. The molecule has 1 aliphatic rings. The lowest BCUT2D eigenvalue weighted by molar-refractivity contribution is -0.0403. The van der Waals surface area contributed by atoms with E-state index in [9.17, 15) is 4.39 Å². The average molecular weight is 298 g/mol. The van der Waals surface area contributed by atoms with E-state index in [1.165, 1.54) is 12.1 Å². The molecule has 0 spiro atoms. The second-order valence-electron chi connectivity index (χ2n) is 4.64. The quantitative estimate of drug-likeness (QED) is 0.630. The smallest absolute Gasteiger partial charge is 0.135 e. The summed E-state index contributed by atoms with van der Waals surface area (Å²) in [4.78, 5) is 2.19. The molecule has 1 aromatic rings. The van der Waals surface area contributed by atoms with E-state index < -0.39 is 0 Å². The van der Waals surface area contributed by atoms with Gasteiger partial charge in [-0.1, -0.05) is 11.8 Å². The molecule has 0 aromatic heterocycles. The van der Waals surface area contributed by atoms with Gasteiger partial charge in [0.15, 0.2) is 0 Å². The Kier molecular flexibility index (Phi) is 5.66. The van der Waals surface area contributed by atoms with Crippen molar-refractivity contribution in [2.24, 2.45) is 0 Å². The zero-order chi connectivity index (χ0) is 14.4. The number of nitrogens with zero attached hydrogens (tertiary/aromatic N) is 1. The lowest BCUT2D eigenvalue weighted by Crippen LogP contribution is -2.42. The Balaban J connectivity index is 2.01. The van der Waals surface area contributed by atoms with Crippen LogP contribution in [0, 0.1) is 17.7 Å². The van der Waals surface area contributed by atoms with Gasteiger partial charge in [0, 0.05) is 13.1 Å². The van der Waals surface area contributed by atoms with Crippen LogP contribution < -0.4 is 4.74 Å². The van der Waals surface area contributed by atoms with Crippen LogP contribution in [-0.2, 0) is 4.74 Å². The highest BCUT2D eigenvalue weighted by Gasteiger charge is 2.18. The Labute approximate surface area is 123 Å². The van der Waals surface area contributed by atoms with Gasteiger partial charge in [0.05, 0.1) is 18.1 Å². The van der Waals surface area contributed by atoms with Crippen LogP contribution in [0.1, 0.15) is 5.56 Å². The summed E-state index contributed by atoms with van der Waals surface area (Å²) >= 11 is 5.52. The largest absolute Gasteiger partial charge is 0.490 e. The molecule has 0 saturated carbocycles. The van der Waals surface area contributed by atoms with Gasteiger partial charge >= 0.3 is 0 Å². The molecule has 20 heavy (non-hydrogen) atoms. The van der Waals surface area contributed by atoms with Crippen molar-refractivity contribution in [2.45, 2.75) is 6.10 Å². The van der Waals surface area contributed by atoms with Crippen LogP contribution in [0.4, 0.5) is 4.39 Å². The predicted molar refractivity (Wildman–Crippen MR) is 76.7 cm³/mol. The maximum atomic E-state index is 13.2. The van der Waals surface area contributed by atoms with E-state index >= 15 is 0 Å². The van der Waals surface area contributed by atoms with Gasteiger partial charge in [-0.25, -0.2) is 4.39 Å². The third-order valence-corrected chi connectivity index (χ3v) is 3.13. The summed E-state index contributed by atoms with van der Waals surface area (Å²) in [5.74, 6) is 5.92. The molecule has 0 amide bonds. The maximum absolute atomic E-state index is 13.2. The lowest BCUT2D eigenvalue weighted by Gasteiger charge is -2.29. The third kappa shape index (κ3) is 4.38. The van der Waals surface area contributed by atoms with Gasteiger partial charge in [0.2, 0.25) is 0 Å². The molecule has 2 rings (SSSR count). The van der Waals surface area contributed by atoms with E-state index in [1.54, 1.807) is 6.07 Å². The number of likely N-dealkylation sites (N-methyl/N-ethyl adjacent to an activating group) is 1. The van der Waals surface area contributed by atoms with Gasteiger partial charge in [0.1, 0.15) is 24.3 Å². The van der Waals surface area contributed by atoms with Crippen LogP contribution in [-0.4, -0.2) is 50.2 Å². The van der Waals surface area contributed by atoms with E-state index in [0.717, 1.165) is 13.1 Å². The third-order valence-electron chi connectivity index (χ3n) is 3.00. The summed E-state index contributed by atoms with van der Waals surface area (Å²) in [5, 5.41) is 0. The van der Waals surface area contributed by atoms with Gasteiger partial charge in [-0.2, -0.15) is 0 Å². The molecular formula is C15H17ClFNO2. The molecule has 0 radical (unpaired) electrons. The molecule has 0 N–H and O–H groups in total. The van der Waals surface area contributed by atoms with Crippen molar-refractivity contribution in [1.29, 1.82) is 0 Å². The van der Waals surface area contributed by atoms with E-state index in [-0.39, 0.29) is 17.8 Å². The number of hydrogen-bond acceptors (Lipinski definition) is 3. The summed E-state index contributed by atoms with van der Waals surface area (Å²) < 4.78 is 24.6. The molecule has 1 aliphatic heterocycles. The Hall–Kier alpha value is -1.28. The Bertz CT molecular complexity index is 512. The first kappa shape index (κ1) is 15.1. The van der Waals surface area contributed by atoms with Gasteiger partial charge in [-0.05, 0) is 25.2 Å². The first-order valence-electron chi connectivity index (χ1n) is 6.46. The zero-order valence-electron chi connectivity index (χ0n) is 11.4. The number of hydrogen-bond donors (Lipinski definition) is 0. The number of alkyl halides is 1. The Morgan fingerprint density at radius 2 is 2.40 bits per heavy atom. The second-order valence-corrected chi connectivity index (χ2v) is 4.91. The first-order chi connectivity index (χ1) is 9.69. The highest BCUT2D eigenvalue weighted by atomic mass is 35.5. The van der Waals surface area contributed by atoms with Crippen molar-refractivity contribution in [3.05, 3.63) is 29.6 Å². The average Bonchev–Trinajstić information content (AvgIpc) is 2.44. The topological polar surface area (TPSA) is 21.7 Å². The molecular weight excluding hydrogens is 281 g/mol. The van der Waals surface area contributed by atoms with Crippen molar-refractivity contribution >= 4 is 11.6 Å². The van der Waals surface area contributed by atoms with Crippen LogP contribution in [0.5, 0.6) is 5.75 Å². The number of halogens is 2. The minimum absolute atomic E-state index is 0.0210. The summed E-state index contributed by atoms with van der Waals surface area (Å²) in [6.07, 6.45) is 0.0210. The fourth-order valence-corrected chi connectivity index (χ4v) is 2.07. The van der Waals surface area contributed by atoms with Gasteiger partial charge in [0.25, 0.3) is 0 Å². The van der Waals surface area contributed by atoms with Crippen molar-refractivity contribution < 1.29 is 13.9 Å². The minimum Gasteiger partial charge on any atom is -0.490 e. The standard InChI is InChI=1S/C15H17ClFNO2/c1-18-7-8-19-14(10-18)11-20-15-5-4-13(17)9-12(15)3-2-6-16/h4-5,9,14H,6-8,10-11H2,1H3. The monoisotopic (exact) mass is 297 g/mol. The van der Waals surface area contributed by atoms with Crippen molar-refractivity contribution in [3.63, 3.8) is 0 Å². The fraction of sp³-hybridized carbons (Fsp3) is 0.467. The Morgan fingerprint density at radius 3 is 3.15 bits per heavy atom. The summed E-state index contributed by atoms with van der Waals surface area (Å²) in [6.45, 7) is 2.88. The predicted octanol–water partition coefficient (Wildman–Crippen LogP) is 2.13. The summed E-state index contributed by atoms with van der Waals surface area (Å²) in [5.41, 5.74) is 0.509. The molecule has 1 aromatic carbocycles. The minimum atomic E-state index is -0.343. The lowest BCUT2D eigenvalue weighted by atomic mass is 10.2. The van der Waals surface area contributed by atoms with Gasteiger partial charge in [-0.3, -0.25) is 0 Å². The van der Waals surface area contributed by atoms with E-state index in [4.69, 9.17) is 21.1 Å². The molecule has 5 heteroatoms. The molecule has 1 atom stereocenters. The highest BCUT2D eigenvalue weighted by Crippen LogP contribution is 2.19. The van der Waals surface area contributed by atoms with Crippen LogP contribution in [0.25, 0.3) is 0 Å². The van der Waals surface area contributed by atoms with E-state index in [0.29, 0.717) is 24.5 Å². The number of benzene rings is 1. The second kappa shape index (κ2) is 7.49. The Morgan fingerprint density at radius 1 is 1.55 bits per heavy atom. The molecule has 1 fully saturated rings. The molecule has 0 bridgehead atoms. The first-order valence-corrected chi connectivity index (χ1v) is 7.00. The number of morpholine rings is 1. The van der Waals surface area contributed by atoms with Gasteiger partial charge < -0.3 is 14.4 Å². The normalized spacial score (nSPS) is 19.2. The molecule has 0 aliphatic carbocycles. The molecule has 3 nitrogen and oxygen atoms in total. The fourth-order valence-electron chi connectivity index (χ4n) is 2.00. The van der Waals surface area contributed by atoms with E-state index in [2.05, 4.69) is 16.7 Å². The van der Waals surface area contributed by atoms with Crippen LogP contribution in [0.15, 0.2) is 18.2 Å². The zero-order valence-corrected chi connectivity index (χ0v) is 12.1. The van der Waals surface area contributed by atoms with E-state index in [1.807, 2.05) is 7.05 Å². The van der Waals surface area contributed by atoms with Crippen LogP contribution >= 0.6 is 11.6 Å². The highest BCUT2D eigenvalue weighted by molar-refractivity contribution is 6.19. The van der Waals surface area contributed by atoms with Crippen molar-refractivity contribution in [2.75, 3.05) is 39.2 Å². The van der Waals surface area contributed by atoms with Crippen LogP contribution in [0.2, 0.25) is 0 Å². The molecule has 108 valence electrons. The maximum Gasteiger partial charge on any atom is 0.135 e. The SMILES string of the molecule is CN1CCOC(COc2ccc(F)cc2C#CCCl)C1. The van der Waals surface area contributed by atoms with Gasteiger partial charge in [-0.15, -0.1) is 11.6 Å². The molecule has 1 heterocycles. The summed E-state index contributed by atoms with van der Waals surface area (Å²) in [6, 6.07) is 4.29. The number of ether oxygens (including phenoxy) is 2. The molecule has 1 unspecified atom stereocenters. The van der Waals surface area contributed by atoms with Crippen molar-refractivity contribution in [3.8, 4) is 17.6 Å². The van der Waals surface area contributed by atoms with Crippen LogP contribution in [0.3, 0.4) is 0 Å². The summed E-state index contributed by atoms with van der Waals surface area (Å²) in [7, 11) is 2.05. The number of rotatable bonds is 3.